The van der Waals surface area contributed by atoms with Crippen LogP contribution in [0.1, 0.15) is 18.9 Å². The number of aliphatic hydroxyl groups is 1. The molecule has 0 bridgehead atoms. The summed E-state index contributed by atoms with van der Waals surface area (Å²) >= 11 is 0. The minimum absolute atomic E-state index is 0.201. The van der Waals surface area contributed by atoms with Gasteiger partial charge in [0, 0.05) is 30.6 Å². The van der Waals surface area contributed by atoms with Crippen LogP contribution in [-0.2, 0) is 6.54 Å². The topological polar surface area (TPSA) is 62.4 Å². The largest absolute Gasteiger partial charge is 0.393 e. The van der Waals surface area contributed by atoms with Gasteiger partial charge in [-0.05, 0) is 24.5 Å². The second-order valence-electron chi connectivity index (χ2n) is 5.65. The molecule has 0 spiro atoms. The summed E-state index contributed by atoms with van der Waals surface area (Å²) in [5.41, 5.74) is 7.97. The summed E-state index contributed by atoms with van der Waals surface area (Å²) in [5, 5.41) is 11.0. The van der Waals surface area contributed by atoms with E-state index in [2.05, 4.69) is 24.0 Å². The van der Waals surface area contributed by atoms with Gasteiger partial charge in [0.1, 0.15) is 5.82 Å². The maximum Gasteiger partial charge on any atom is 0.133 e. The van der Waals surface area contributed by atoms with Crippen LogP contribution in [0, 0.1) is 5.92 Å². The van der Waals surface area contributed by atoms with Crippen LogP contribution in [0.25, 0.3) is 10.9 Å². The lowest BCUT2D eigenvalue weighted by Gasteiger charge is -2.36. The number of pyridine rings is 1. The number of benzene rings is 1. The Labute approximate surface area is 119 Å². The van der Waals surface area contributed by atoms with Gasteiger partial charge in [-0.3, -0.25) is 0 Å². The van der Waals surface area contributed by atoms with Crippen LogP contribution in [0.2, 0.25) is 0 Å². The third kappa shape index (κ3) is 2.37. The number of rotatable bonds is 2. The monoisotopic (exact) mass is 271 g/mol. The van der Waals surface area contributed by atoms with Gasteiger partial charge in [0.05, 0.1) is 11.6 Å². The molecule has 3 N–H and O–H groups in total. The predicted molar refractivity (Wildman–Crippen MR) is 81.6 cm³/mol. The second-order valence-corrected chi connectivity index (χ2v) is 5.65. The van der Waals surface area contributed by atoms with Crippen molar-refractivity contribution in [1.29, 1.82) is 0 Å². The molecule has 0 radical (unpaired) electrons. The zero-order chi connectivity index (χ0) is 14.1. The zero-order valence-corrected chi connectivity index (χ0v) is 11.8. The molecule has 2 atom stereocenters. The van der Waals surface area contributed by atoms with Crippen molar-refractivity contribution in [2.24, 2.45) is 11.7 Å². The van der Waals surface area contributed by atoms with Crippen molar-refractivity contribution >= 4 is 16.7 Å². The summed E-state index contributed by atoms with van der Waals surface area (Å²) in [5.74, 6) is 1.24. The quantitative estimate of drug-likeness (QED) is 0.875. The fourth-order valence-electron chi connectivity index (χ4n) is 2.90. The predicted octanol–water partition coefficient (Wildman–Crippen LogP) is 1.90. The number of hydrogen-bond acceptors (Lipinski definition) is 4. The molecule has 20 heavy (non-hydrogen) atoms. The number of nitrogens with zero attached hydrogens (tertiary/aromatic N) is 2. The summed E-state index contributed by atoms with van der Waals surface area (Å²) < 4.78 is 0. The third-order valence-corrected chi connectivity index (χ3v) is 4.16. The molecule has 1 fully saturated rings. The third-order valence-electron chi connectivity index (χ3n) is 4.16. The van der Waals surface area contributed by atoms with Gasteiger partial charge in [0.15, 0.2) is 0 Å². The molecule has 106 valence electrons. The highest BCUT2D eigenvalue weighted by molar-refractivity contribution is 5.81. The Morgan fingerprint density at radius 3 is 2.95 bits per heavy atom. The van der Waals surface area contributed by atoms with Gasteiger partial charge >= 0.3 is 0 Å². The molecule has 1 aliphatic rings. The van der Waals surface area contributed by atoms with Crippen molar-refractivity contribution in [2.45, 2.75) is 26.0 Å². The van der Waals surface area contributed by atoms with Crippen molar-refractivity contribution < 1.29 is 5.11 Å². The molecule has 0 saturated carbocycles. The Morgan fingerprint density at radius 1 is 1.40 bits per heavy atom. The van der Waals surface area contributed by atoms with Gasteiger partial charge in [-0.15, -0.1) is 0 Å². The van der Waals surface area contributed by atoms with Crippen LogP contribution < -0.4 is 10.6 Å². The highest BCUT2D eigenvalue weighted by Crippen LogP contribution is 2.27. The van der Waals surface area contributed by atoms with Gasteiger partial charge in [-0.25, -0.2) is 4.98 Å². The molecule has 0 amide bonds. The van der Waals surface area contributed by atoms with Gasteiger partial charge in [-0.1, -0.05) is 25.1 Å². The zero-order valence-electron chi connectivity index (χ0n) is 11.8. The molecular weight excluding hydrogens is 250 g/mol. The number of aromatic nitrogens is 1. The smallest absolute Gasteiger partial charge is 0.133 e. The van der Waals surface area contributed by atoms with Gasteiger partial charge < -0.3 is 15.7 Å². The van der Waals surface area contributed by atoms with Crippen molar-refractivity contribution in [3.8, 4) is 0 Å². The molecule has 4 nitrogen and oxygen atoms in total. The van der Waals surface area contributed by atoms with E-state index in [9.17, 15) is 5.11 Å². The number of fused-ring (bicyclic) bond motifs is 1. The normalized spacial score (nSPS) is 23.2. The van der Waals surface area contributed by atoms with E-state index in [1.807, 2.05) is 18.2 Å². The van der Waals surface area contributed by atoms with E-state index in [0.717, 1.165) is 41.8 Å². The lowest BCUT2D eigenvalue weighted by Crippen LogP contribution is -2.42. The SMILES string of the molecule is CC1CN(c2nc3ccccc3cc2CN)CCC1O. The molecule has 2 unspecified atom stereocenters. The second kappa shape index (κ2) is 5.38. The van der Waals surface area contributed by atoms with E-state index in [4.69, 9.17) is 10.7 Å². The number of anilines is 1. The maximum atomic E-state index is 9.87. The van der Waals surface area contributed by atoms with Crippen LogP contribution in [0.4, 0.5) is 5.82 Å². The van der Waals surface area contributed by atoms with E-state index in [1.54, 1.807) is 0 Å². The summed E-state index contributed by atoms with van der Waals surface area (Å²) in [4.78, 5) is 7.05. The maximum absolute atomic E-state index is 9.87. The van der Waals surface area contributed by atoms with E-state index in [1.165, 1.54) is 0 Å². The summed E-state index contributed by atoms with van der Waals surface area (Å²) in [6.45, 7) is 4.24. The Bertz CT molecular complexity index is 614. The van der Waals surface area contributed by atoms with Crippen LogP contribution in [-0.4, -0.2) is 29.3 Å². The summed E-state index contributed by atoms with van der Waals surface area (Å²) in [6.07, 6.45) is 0.590. The molecule has 1 aliphatic heterocycles. The Hall–Kier alpha value is -1.65. The number of hydrogen-bond donors (Lipinski definition) is 2. The van der Waals surface area contributed by atoms with Crippen LogP contribution in [0.15, 0.2) is 30.3 Å². The highest BCUT2D eigenvalue weighted by Gasteiger charge is 2.26. The highest BCUT2D eigenvalue weighted by atomic mass is 16.3. The number of piperidine rings is 1. The number of nitrogens with two attached hydrogens (primary N) is 1. The van der Waals surface area contributed by atoms with Crippen molar-refractivity contribution in [3.05, 3.63) is 35.9 Å². The van der Waals surface area contributed by atoms with Gasteiger partial charge in [-0.2, -0.15) is 0 Å². The van der Waals surface area contributed by atoms with Crippen molar-refractivity contribution in [2.75, 3.05) is 18.0 Å². The number of para-hydroxylation sites is 1. The molecule has 1 aromatic heterocycles. The molecule has 3 rings (SSSR count). The molecule has 2 aromatic rings. The van der Waals surface area contributed by atoms with E-state index < -0.39 is 0 Å². The standard InChI is InChI=1S/C16H21N3O/c1-11-10-19(7-6-15(11)20)16-13(9-17)8-12-4-2-3-5-14(12)18-16/h2-5,8,11,15,20H,6-7,9-10,17H2,1H3. The number of aliphatic hydroxyl groups excluding tert-OH is 1. The first-order valence-corrected chi connectivity index (χ1v) is 7.21. The lowest BCUT2D eigenvalue weighted by molar-refractivity contribution is 0.0968. The Kier molecular flexibility index (Phi) is 3.59. The fraction of sp³-hybridized carbons (Fsp3) is 0.438. The van der Waals surface area contributed by atoms with E-state index in [-0.39, 0.29) is 12.0 Å². The Morgan fingerprint density at radius 2 is 2.20 bits per heavy atom. The molecule has 4 heteroatoms. The average Bonchev–Trinajstić information content (AvgIpc) is 2.48. The molecule has 0 aliphatic carbocycles. The molecular formula is C16H21N3O. The van der Waals surface area contributed by atoms with Crippen LogP contribution >= 0.6 is 0 Å². The van der Waals surface area contributed by atoms with E-state index in [0.29, 0.717) is 6.54 Å². The molecule has 1 aromatic carbocycles. The fourth-order valence-corrected chi connectivity index (χ4v) is 2.90. The molecule has 2 heterocycles. The minimum atomic E-state index is -0.201. The van der Waals surface area contributed by atoms with Crippen LogP contribution in [0.3, 0.4) is 0 Å². The first-order valence-electron chi connectivity index (χ1n) is 7.21. The van der Waals surface area contributed by atoms with Crippen LogP contribution in [0.5, 0.6) is 0 Å². The average molecular weight is 271 g/mol. The lowest BCUT2D eigenvalue weighted by atomic mass is 9.96. The van der Waals surface area contributed by atoms with Gasteiger partial charge in [0.25, 0.3) is 0 Å². The summed E-state index contributed by atoms with van der Waals surface area (Å²) in [6, 6.07) is 10.2. The van der Waals surface area contributed by atoms with Crippen molar-refractivity contribution in [1.82, 2.24) is 4.98 Å². The van der Waals surface area contributed by atoms with Gasteiger partial charge in [0.2, 0.25) is 0 Å². The summed E-state index contributed by atoms with van der Waals surface area (Å²) in [7, 11) is 0. The minimum Gasteiger partial charge on any atom is -0.393 e. The van der Waals surface area contributed by atoms with E-state index >= 15 is 0 Å². The van der Waals surface area contributed by atoms with Crippen molar-refractivity contribution in [3.63, 3.8) is 0 Å². The first kappa shape index (κ1) is 13.3. The molecule has 1 saturated heterocycles. The Balaban J connectivity index is 2.01. The first-order chi connectivity index (χ1) is 9.69.